The van der Waals surface area contributed by atoms with Crippen LogP contribution in [-0.2, 0) is 17.5 Å². The number of nitrogens with one attached hydrogen (secondary N) is 1. The van der Waals surface area contributed by atoms with Gasteiger partial charge in [-0.2, -0.15) is 13.2 Å². The lowest BCUT2D eigenvalue weighted by Gasteiger charge is -2.10. The first-order chi connectivity index (χ1) is 13.6. The van der Waals surface area contributed by atoms with Gasteiger partial charge in [-0.3, -0.25) is 14.2 Å². The Morgan fingerprint density at radius 3 is 2.38 bits per heavy atom. The molecule has 0 saturated carbocycles. The Balaban J connectivity index is 1.75. The lowest BCUT2D eigenvalue weighted by Crippen LogP contribution is -2.27. The number of carbonyl (C=O) groups excluding carboxylic acids is 1. The second-order valence-electron chi connectivity index (χ2n) is 5.99. The second kappa shape index (κ2) is 8.26. The molecule has 0 aliphatic carbocycles. The van der Waals surface area contributed by atoms with Gasteiger partial charge in [-0.05, 0) is 30.3 Å². The maximum atomic E-state index is 12.6. The van der Waals surface area contributed by atoms with Crippen LogP contribution in [0.2, 0.25) is 10.0 Å². The summed E-state index contributed by atoms with van der Waals surface area (Å²) in [5, 5.41) is 3.21. The summed E-state index contributed by atoms with van der Waals surface area (Å²) in [6.45, 7) is -0.331. The van der Waals surface area contributed by atoms with Crippen LogP contribution in [0.3, 0.4) is 0 Å². The van der Waals surface area contributed by atoms with Gasteiger partial charge in [0.2, 0.25) is 5.91 Å². The lowest BCUT2D eigenvalue weighted by atomic mass is 10.1. The molecule has 29 heavy (non-hydrogen) atoms. The summed E-state index contributed by atoms with van der Waals surface area (Å²) in [5.74, 6) is -0.527. The van der Waals surface area contributed by atoms with Crippen molar-refractivity contribution in [1.29, 1.82) is 0 Å². The molecule has 0 atom stereocenters. The third-order valence-electron chi connectivity index (χ3n) is 3.90. The van der Waals surface area contributed by atoms with Gasteiger partial charge in [-0.1, -0.05) is 35.3 Å². The minimum atomic E-state index is -4.45. The molecule has 3 aromatic rings. The van der Waals surface area contributed by atoms with Crippen molar-refractivity contribution in [2.24, 2.45) is 0 Å². The Morgan fingerprint density at radius 2 is 1.76 bits per heavy atom. The van der Waals surface area contributed by atoms with Gasteiger partial charge < -0.3 is 5.32 Å². The SMILES string of the molecule is O=C(Cn1cnc(-c2ccc(C(F)(F)F)cc2)cc1=O)Nc1cc(Cl)ccc1Cl. The third kappa shape index (κ3) is 5.16. The topological polar surface area (TPSA) is 64.0 Å². The molecule has 1 aromatic heterocycles. The Kier molecular flexibility index (Phi) is 5.95. The Hall–Kier alpha value is -2.84. The number of halogens is 5. The first kappa shape index (κ1) is 20.9. The molecule has 1 heterocycles. The van der Waals surface area contributed by atoms with E-state index >= 15 is 0 Å². The van der Waals surface area contributed by atoms with Gasteiger partial charge in [0.15, 0.2) is 0 Å². The van der Waals surface area contributed by atoms with Crippen molar-refractivity contribution < 1.29 is 18.0 Å². The number of amides is 1. The van der Waals surface area contributed by atoms with Crippen LogP contribution in [0.5, 0.6) is 0 Å². The first-order valence-corrected chi connectivity index (χ1v) is 8.88. The number of rotatable bonds is 4. The number of nitrogens with zero attached hydrogens (tertiary/aromatic N) is 2. The molecule has 5 nitrogen and oxygen atoms in total. The van der Waals surface area contributed by atoms with Crippen LogP contribution in [-0.4, -0.2) is 15.5 Å². The normalized spacial score (nSPS) is 11.3. The molecule has 0 spiro atoms. The molecule has 0 fully saturated rings. The molecule has 0 radical (unpaired) electrons. The summed E-state index contributed by atoms with van der Waals surface area (Å²) in [6.07, 6.45) is -3.30. The highest BCUT2D eigenvalue weighted by Crippen LogP contribution is 2.30. The Bertz CT molecular complexity index is 1110. The predicted molar refractivity (Wildman–Crippen MR) is 104 cm³/mol. The van der Waals surface area contributed by atoms with Crippen molar-refractivity contribution in [3.63, 3.8) is 0 Å². The first-order valence-electron chi connectivity index (χ1n) is 8.12. The number of hydrogen-bond donors (Lipinski definition) is 1. The van der Waals surface area contributed by atoms with Crippen molar-refractivity contribution in [2.75, 3.05) is 5.32 Å². The van der Waals surface area contributed by atoms with Crippen LogP contribution in [0.1, 0.15) is 5.56 Å². The van der Waals surface area contributed by atoms with Crippen molar-refractivity contribution in [2.45, 2.75) is 12.7 Å². The zero-order valence-electron chi connectivity index (χ0n) is 14.5. The smallest absolute Gasteiger partial charge is 0.323 e. The van der Waals surface area contributed by atoms with Crippen LogP contribution >= 0.6 is 23.2 Å². The maximum Gasteiger partial charge on any atom is 0.416 e. The summed E-state index contributed by atoms with van der Waals surface area (Å²) in [5.41, 5.74) is -0.504. The Morgan fingerprint density at radius 1 is 1.07 bits per heavy atom. The zero-order valence-corrected chi connectivity index (χ0v) is 16.0. The fourth-order valence-electron chi connectivity index (χ4n) is 2.47. The van der Waals surface area contributed by atoms with E-state index in [0.29, 0.717) is 16.3 Å². The Labute approximate surface area is 172 Å². The van der Waals surface area contributed by atoms with Gasteiger partial charge in [0.25, 0.3) is 5.56 Å². The lowest BCUT2D eigenvalue weighted by molar-refractivity contribution is -0.137. The molecule has 1 N–H and O–H groups in total. The van der Waals surface area contributed by atoms with E-state index in [-0.39, 0.29) is 17.3 Å². The van der Waals surface area contributed by atoms with Crippen molar-refractivity contribution >= 4 is 34.8 Å². The molecule has 0 aliphatic heterocycles. The van der Waals surface area contributed by atoms with Gasteiger partial charge in [-0.25, -0.2) is 4.98 Å². The molecule has 0 bridgehead atoms. The summed E-state index contributed by atoms with van der Waals surface area (Å²) in [7, 11) is 0. The van der Waals surface area contributed by atoms with Crippen LogP contribution in [0.15, 0.2) is 59.7 Å². The number of aromatic nitrogens is 2. The molecule has 10 heteroatoms. The fourth-order valence-corrected chi connectivity index (χ4v) is 2.81. The van der Waals surface area contributed by atoms with Gasteiger partial charge in [0.1, 0.15) is 6.54 Å². The maximum absolute atomic E-state index is 12.6. The molecule has 1 amide bonds. The third-order valence-corrected chi connectivity index (χ3v) is 4.47. The number of hydrogen-bond acceptors (Lipinski definition) is 3. The molecule has 2 aromatic carbocycles. The summed E-state index contributed by atoms with van der Waals surface area (Å²) in [4.78, 5) is 28.5. The highest BCUT2D eigenvalue weighted by atomic mass is 35.5. The summed E-state index contributed by atoms with van der Waals surface area (Å²) < 4.78 is 39.0. The van der Waals surface area contributed by atoms with Crippen molar-refractivity contribution in [1.82, 2.24) is 9.55 Å². The van der Waals surface area contributed by atoms with E-state index in [1.807, 2.05) is 0 Å². The van der Waals surface area contributed by atoms with Gasteiger partial charge in [0, 0.05) is 16.7 Å². The largest absolute Gasteiger partial charge is 0.416 e. The van der Waals surface area contributed by atoms with E-state index in [9.17, 15) is 22.8 Å². The summed E-state index contributed by atoms with van der Waals surface area (Å²) >= 11 is 11.8. The van der Waals surface area contributed by atoms with Crippen molar-refractivity contribution in [3.05, 3.63) is 80.8 Å². The van der Waals surface area contributed by atoms with Crippen molar-refractivity contribution in [3.8, 4) is 11.3 Å². The molecule has 150 valence electrons. The summed E-state index contributed by atoms with van der Waals surface area (Å²) in [6, 6.07) is 9.96. The molecule has 0 aliphatic rings. The second-order valence-corrected chi connectivity index (χ2v) is 6.83. The molecule has 3 rings (SSSR count). The molecular formula is C19H12Cl2F3N3O2. The van der Waals surface area contributed by atoms with Crippen LogP contribution in [0.4, 0.5) is 18.9 Å². The average Bonchev–Trinajstić information content (AvgIpc) is 2.66. The quantitative estimate of drug-likeness (QED) is 0.627. The average molecular weight is 442 g/mol. The predicted octanol–water partition coefficient (Wildman–Crippen LogP) is 4.87. The van der Waals surface area contributed by atoms with Gasteiger partial charge >= 0.3 is 6.18 Å². The minimum absolute atomic E-state index is 0.193. The monoisotopic (exact) mass is 441 g/mol. The molecule has 0 unspecified atom stereocenters. The number of anilines is 1. The standard InChI is InChI=1S/C19H12Cl2F3N3O2/c20-13-5-6-14(21)16(7-13)26-17(28)9-27-10-25-15(8-18(27)29)11-1-3-12(4-2-11)19(22,23)24/h1-8,10H,9H2,(H,26,28). The van der Waals surface area contributed by atoms with E-state index in [1.54, 1.807) is 6.07 Å². The fraction of sp³-hybridized carbons (Fsp3) is 0.105. The number of alkyl halides is 3. The number of benzene rings is 2. The molecule has 0 saturated heterocycles. The van der Waals surface area contributed by atoms with E-state index in [1.165, 1.54) is 24.3 Å². The van der Waals surface area contributed by atoms with Gasteiger partial charge in [-0.15, -0.1) is 0 Å². The van der Waals surface area contributed by atoms with Gasteiger partial charge in [0.05, 0.1) is 28.3 Å². The van der Waals surface area contributed by atoms with Crippen LogP contribution < -0.4 is 10.9 Å². The zero-order chi connectivity index (χ0) is 21.2. The highest BCUT2D eigenvalue weighted by molar-refractivity contribution is 6.35. The van der Waals surface area contributed by atoms with E-state index in [4.69, 9.17) is 23.2 Å². The van der Waals surface area contributed by atoms with Crippen LogP contribution in [0.25, 0.3) is 11.3 Å². The molecular weight excluding hydrogens is 430 g/mol. The number of carbonyl (C=O) groups is 1. The minimum Gasteiger partial charge on any atom is -0.323 e. The highest BCUT2D eigenvalue weighted by Gasteiger charge is 2.30. The van der Waals surface area contributed by atoms with E-state index in [2.05, 4.69) is 10.3 Å². The van der Waals surface area contributed by atoms with Crippen LogP contribution in [0, 0.1) is 0 Å². The van der Waals surface area contributed by atoms with E-state index in [0.717, 1.165) is 29.1 Å². The van der Waals surface area contributed by atoms with E-state index < -0.39 is 23.2 Å².